The lowest BCUT2D eigenvalue weighted by atomic mass is 9.75. The zero-order chi connectivity index (χ0) is 16.6. The van der Waals surface area contributed by atoms with E-state index < -0.39 is 5.54 Å². The van der Waals surface area contributed by atoms with Crippen LogP contribution in [0.1, 0.15) is 65.3 Å². The number of nitrogens with zero attached hydrogens (tertiary/aromatic N) is 2. The second-order valence-corrected chi connectivity index (χ2v) is 6.96. The van der Waals surface area contributed by atoms with Gasteiger partial charge in [0.1, 0.15) is 12.2 Å². The highest BCUT2D eigenvalue weighted by Gasteiger charge is 2.42. The highest BCUT2D eigenvalue weighted by atomic mass is 16.1. The van der Waals surface area contributed by atoms with Crippen molar-refractivity contribution >= 4 is 5.91 Å². The van der Waals surface area contributed by atoms with E-state index in [1.54, 1.807) is 0 Å². The van der Waals surface area contributed by atoms with Crippen LogP contribution in [0.5, 0.6) is 0 Å². The van der Waals surface area contributed by atoms with E-state index in [0.29, 0.717) is 18.0 Å². The predicted molar refractivity (Wildman–Crippen MR) is 90.6 cm³/mol. The number of H-pyrrole nitrogens is 1. The van der Waals surface area contributed by atoms with E-state index in [-0.39, 0.29) is 5.91 Å². The summed E-state index contributed by atoms with van der Waals surface area (Å²) < 4.78 is 0. The van der Waals surface area contributed by atoms with Crippen LogP contribution in [0.3, 0.4) is 0 Å². The molecule has 1 aromatic carbocycles. The molecule has 1 saturated carbocycles. The number of aryl methyl sites for hydroxylation is 1. The van der Waals surface area contributed by atoms with Crippen LogP contribution in [-0.4, -0.2) is 27.6 Å². The number of fused-ring (bicyclic) bond motifs is 1. The van der Waals surface area contributed by atoms with Crippen LogP contribution in [-0.2, 0) is 12.0 Å². The Morgan fingerprint density at radius 2 is 2.25 bits per heavy atom. The fourth-order valence-electron chi connectivity index (χ4n) is 3.96. The van der Waals surface area contributed by atoms with Crippen LogP contribution >= 0.6 is 0 Å². The molecular formula is C18H23N5O. The topological polar surface area (TPSA) is 96.7 Å². The molecule has 1 atom stereocenters. The fourth-order valence-corrected chi connectivity index (χ4v) is 3.96. The summed E-state index contributed by atoms with van der Waals surface area (Å²) in [6.45, 7) is 0.639. The first-order valence-corrected chi connectivity index (χ1v) is 8.73. The second-order valence-electron chi connectivity index (χ2n) is 6.96. The third-order valence-corrected chi connectivity index (χ3v) is 5.56. The van der Waals surface area contributed by atoms with Crippen molar-refractivity contribution < 1.29 is 4.79 Å². The first-order valence-electron chi connectivity index (χ1n) is 8.73. The highest BCUT2D eigenvalue weighted by molar-refractivity contribution is 5.95. The molecule has 0 bridgehead atoms. The van der Waals surface area contributed by atoms with Gasteiger partial charge in [-0.3, -0.25) is 9.89 Å². The molecule has 24 heavy (non-hydrogen) atoms. The first-order chi connectivity index (χ1) is 11.7. The van der Waals surface area contributed by atoms with Crippen molar-refractivity contribution in [3.05, 3.63) is 47.0 Å². The molecule has 1 aromatic heterocycles. The Morgan fingerprint density at radius 3 is 2.92 bits per heavy atom. The third kappa shape index (κ3) is 2.51. The monoisotopic (exact) mass is 325 g/mol. The molecule has 1 amide bonds. The van der Waals surface area contributed by atoms with Crippen LogP contribution in [0.2, 0.25) is 0 Å². The number of carbonyl (C=O) groups is 1. The van der Waals surface area contributed by atoms with Crippen LogP contribution in [0, 0.1) is 0 Å². The van der Waals surface area contributed by atoms with Crippen molar-refractivity contribution in [2.75, 3.05) is 6.54 Å². The van der Waals surface area contributed by atoms with Crippen molar-refractivity contribution in [3.63, 3.8) is 0 Å². The highest BCUT2D eigenvalue weighted by Crippen LogP contribution is 2.39. The molecule has 0 aliphatic heterocycles. The van der Waals surface area contributed by atoms with Crippen molar-refractivity contribution in [2.45, 2.75) is 50.0 Å². The zero-order valence-electron chi connectivity index (χ0n) is 13.7. The van der Waals surface area contributed by atoms with E-state index in [1.165, 1.54) is 23.9 Å². The molecule has 6 nitrogen and oxygen atoms in total. The van der Waals surface area contributed by atoms with Gasteiger partial charge in [-0.1, -0.05) is 6.07 Å². The van der Waals surface area contributed by atoms with Gasteiger partial charge in [0.05, 0.1) is 5.54 Å². The van der Waals surface area contributed by atoms with Crippen LogP contribution in [0.15, 0.2) is 24.5 Å². The molecule has 1 fully saturated rings. The summed E-state index contributed by atoms with van der Waals surface area (Å²) in [6.07, 6.45) is 7.72. The summed E-state index contributed by atoms with van der Waals surface area (Å²) in [4.78, 5) is 17.1. The van der Waals surface area contributed by atoms with Crippen LogP contribution < -0.4 is 11.1 Å². The summed E-state index contributed by atoms with van der Waals surface area (Å²) in [5, 5.41) is 10.0. The van der Waals surface area contributed by atoms with Gasteiger partial charge in [-0.2, -0.15) is 5.10 Å². The Balaban J connectivity index is 1.59. The molecule has 126 valence electrons. The maximum absolute atomic E-state index is 12.8. The van der Waals surface area contributed by atoms with Gasteiger partial charge in [-0.25, -0.2) is 4.98 Å². The summed E-state index contributed by atoms with van der Waals surface area (Å²) in [6, 6.07) is 6.06. The molecule has 4 N–H and O–H groups in total. The molecule has 4 rings (SSSR count). The van der Waals surface area contributed by atoms with Gasteiger partial charge in [0.15, 0.2) is 0 Å². The van der Waals surface area contributed by atoms with Crippen LogP contribution in [0.4, 0.5) is 0 Å². The minimum atomic E-state index is -0.392. The molecule has 0 saturated heterocycles. The molecule has 6 heteroatoms. The zero-order valence-corrected chi connectivity index (χ0v) is 13.7. The number of hydrogen-bond donors (Lipinski definition) is 3. The average Bonchev–Trinajstić information content (AvgIpc) is 3.11. The van der Waals surface area contributed by atoms with Gasteiger partial charge >= 0.3 is 0 Å². The molecular weight excluding hydrogens is 302 g/mol. The summed E-state index contributed by atoms with van der Waals surface area (Å²) in [5.74, 6) is 1.07. The number of carbonyl (C=O) groups excluding carboxylic acids is 1. The molecule has 1 unspecified atom stereocenters. The fraction of sp³-hybridized carbons (Fsp3) is 0.500. The number of nitrogens with one attached hydrogen (secondary N) is 2. The Bertz CT molecular complexity index is 736. The first kappa shape index (κ1) is 15.3. The number of aromatic amines is 1. The van der Waals surface area contributed by atoms with Crippen molar-refractivity contribution in [2.24, 2.45) is 5.73 Å². The molecule has 1 heterocycles. The number of rotatable bonds is 4. The average molecular weight is 325 g/mol. The minimum absolute atomic E-state index is 0.0461. The SMILES string of the molecule is NCC1CCCc2ccc(C(=O)NC3(c4ncn[nH]4)CCC3)cc21. The van der Waals surface area contributed by atoms with Crippen molar-refractivity contribution in [3.8, 4) is 0 Å². The number of hydrogen-bond acceptors (Lipinski definition) is 4. The van der Waals surface area contributed by atoms with E-state index in [4.69, 9.17) is 5.73 Å². The Hall–Kier alpha value is -2.21. The Labute approximate surface area is 141 Å². The van der Waals surface area contributed by atoms with Gasteiger partial charge < -0.3 is 11.1 Å². The molecule has 0 radical (unpaired) electrons. The van der Waals surface area contributed by atoms with Crippen molar-refractivity contribution in [1.29, 1.82) is 0 Å². The normalized spacial score (nSPS) is 21.6. The summed E-state index contributed by atoms with van der Waals surface area (Å²) in [5.41, 5.74) is 8.82. The lowest BCUT2D eigenvalue weighted by Gasteiger charge is -2.40. The van der Waals surface area contributed by atoms with Gasteiger partial charge in [-0.05, 0) is 74.2 Å². The standard InChI is InChI=1S/C18H23N5O/c19-10-14-4-1-3-12-5-6-13(9-15(12)14)16(24)22-18(7-2-8-18)17-20-11-21-23-17/h5-6,9,11,14H,1-4,7-8,10,19H2,(H,22,24)(H,20,21,23). The molecule has 2 aromatic rings. The lowest BCUT2D eigenvalue weighted by Crippen LogP contribution is -2.51. The predicted octanol–water partition coefficient (Wildman–Crippen LogP) is 1.99. The maximum atomic E-state index is 12.8. The Morgan fingerprint density at radius 1 is 1.38 bits per heavy atom. The van der Waals surface area contributed by atoms with E-state index >= 15 is 0 Å². The Kier molecular flexibility index (Phi) is 3.84. The number of nitrogens with two attached hydrogens (primary N) is 1. The number of benzene rings is 1. The summed E-state index contributed by atoms with van der Waals surface area (Å²) >= 11 is 0. The second kappa shape index (κ2) is 6.02. The summed E-state index contributed by atoms with van der Waals surface area (Å²) in [7, 11) is 0. The maximum Gasteiger partial charge on any atom is 0.252 e. The molecule has 2 aliphatic rings. The van der Waals surface area contributed by atoms with Crippen molar-refractivity contribution in [1.82, 2.24) is 20.5 Å². The molecule has 0 spiro atoms. The number of amides is 1. The number of aromatic nitrogens is 3. The largest absolute Gasteiger partial charge is 0.339 e. The van der Waals surface area contributed by atoms with E-state index in [9.17, 15) is 4.79 Å². The van der Waals surface area contributed by atoms with Crippen LogP contribution in [0.25, 0.3) is 0 Å². The van der Waals surface area contributed by atoms with E-state index in [2.05, 4.69) is 26.6 Å². The molecule has 2 aliphatic carbocycles. The van der Waals surface area contributed by atoms with Gasteiger partial charge in [0, 0.05) is 5.56 Å². The van der Waals surface area contributed by atoms with Gasteiger partial charge in [-0.15, -0.1) is 0 Å². The minimum Gasteiger partial charge on any atom is -0.339 e. The quantitative estimate of drug-likeness (QED) is 0.801. The van der Waals surface area contributed by atoms with Gasteiger partial charge in [0.25, 0.3) is 5.91 Å². The smallest absolute Gasteiger partial charge is 0.252 e. The third-order valence-electron chi connectivity index (χ3n) is 5.56. The lowest BCUT2D eigenvalue weighted by molar-refractivity contribution is 0.0809. The van der Waals surface area contributed by atoms with Gasteiger partial charge in [0.2, 0.25) is 0 Å². The van der Waals surface area contributed by atoms with E-state index in [1.807, 2.05) is 12.1 Å². The van der Waals surface area contributed by atoms with E-state index in [0.717, 1.165) is 37.9 Å².